The fraction of sp³-hybridized carbons (Fsp3) is 0.167. The third kappa shape index (κ3) is 5.69. The number of fused-ring (bicyclic) bond motifs is 3. The van der Waals surface area contributed by atoms with Crippen LogP contribution in [-0.4, -0.2) is 39.7 Å². The number of nitrogens with zero attached hydrogens (tertiary/aromatic N) is 5. The molecule has 0 amide bonds. The van der Waals surface area contributed by atoms with E-state index >= 15 is 0 Å². The summed E-state index contributed by atoms with van der Waals surface area (Å²) in [6.45, 7) is 0. The lowest BCUT2D eigenvalue weighted by Crippen LogP contribution is -2.74. The summed E-state index contributed by atoms with van der Waals surface area (Å²) < 4.78 is 2.26. The number of rotatable bonds is 8. The van der Waals surface area contributed by atoms with Gasteiger partial charge in [0.15, 0.2) is 19.7 Å². The second kappa shape index (κ2) is 14.3. The molecule has 2 saturated carbocycles. The van der Waals surface area contributed by atoms with Crippen molar-refractivity contribution < 1.29 is 0 Å². The van der Waals surface area contributed by atoms with Crippen LogP contribution >= 0.6 is 0 Å². The molecule has 2 saturated heterocycles. The van der Waals surface area contributed by atoms with Crippen LogP contribution < -0.4 is 25.6 Å². The van der Waals surface area contributed by atoms with Crippen molar-refractivity contribution in [1.82, 2.24) is 19.5 Å². The Morgan fingerprint density at radius 3 is 1.52 bits per heavy atom. The van der Waals surface area contributed by atoms with Gasteiger partial charge in [-0.3, -0.25) is 4.57 Å². The smallest absolute Gasteiger partial charge is 0.238 e. The van der Waals surface area contributed by atoms with Crippen molar-refractivity contribution in [2.45, 2.75) is 44.2 Å². The Labute approximate surface area is 352 Å². The van der Waals surface area contributed by atoms with Crippen LogP contribution in [0.1, 0.15) is 32.1 Å². The highest BCUT2D eigenvalue weighted by molar-refractivity contribution is 7.19. The maximum atomic E-state index is 5.43. The van der Waals surface area contributed by atoms with Crippen molar-refractivity contribution in [3.63, 3.8) is 0 Å². The standard InChI is InChI=1S/C54H45N5Si/c1-5-16-39(17-6-1)52-55-53(40-18-15-25-47(35-40)60(44-19-7-2-8-20-44,45-21-9-3-10-22-45)46-23-11-4-12-24-46)57-54(56-52)59-50-27-14-13-26-48(50)49-36-41(28-29-51(49)59)58-42-31-37-30-38(33-42)34-43(58)32-37/h1-29,35-38,42-43H,30-34H2. The maximum absolute atomic E-state index is 5.43. The van der Waals surface area contributed by atoms with Gasteiger partial charge in [0, 0.05) is 39.7 Å². The number of aromatic nitrogens is 4. The largest absolute Gasteiger partial charge is 0.366 e. The topological polar surface area (TPSA) is 46.8 Å². The molecule has 2 aromatic heterocycles. The molecule has 6 heteroatoms. The lowest BCUT2D eigenvalue weighted by atomic mass is 9.63. The highest BCUT2D eigenvalue weighted by Gasteiger charge is 2.47. The number of para-hydroxylation sites is 1. The van der Waals surface area contributed by atoms with Gasteiger partial charge in [-0.15, -0.1) is 0 Å². The number of hydrogen-bond acceptors (Lipinski definition) is 4. The molecule has 9 aromatic rings. The van der Waals surface area contributed by atoms with Crippen LogP contribution in [0.25, 0.3) is 50.5 Å². The normalized spacial score (nSPS) is 19.6. The SMILES string of the molecule is c1ccc(-c2nc(-c3cccc([Si](c4ccccc4)(c4ccccc4)c4ccccc4)c3)nc(-n3c4ccccc4c4cc(N5C6CC7CC(C6)CC5C7)ccc43)n2)cc1. The summed E-state index contributed by atoms with van der Waals surface area (Å²) in [6, 6.07) is 69.8. The molecule has 60 heavy (non-hydrogen) atoms. The lowest BCUT2D eigenvalue weighted by Gasteiger charge is -2.57. The average Bonchev–Trinajstić information content (AvgIpc) is 3.64. The van der Waals surface area contributed by atoms with E-state index in [1.165, 1.54) is 69.3 Å². The number of anilines is 1. The third-order valence-electron chi connectivity index (χ3n) is 13.9. The van der Waals surface area contributed by atoms with E-state index < -0.39 is 8.07 Å². The third-order valence-corrected chi connectivity index (χ3v) is 18.6. The van der Waals surface area contributed by atoms with Crippen molar-refractivity contribution in [1.29, 1.82) is 0 Å². The number of piperidine rings is 2. The summed E-state index contributed by atoms with van der Waals surface area (Å²) >= 11 is 0. The minimum absolute atomic E-state index is 0.621. The van der Waals surface area contributed by atoms with Gasteiger partial charge in [-0.1, -0.05) is 164 Å². The molecule has 2 aliphatic carbocycles. The Morgan fingerprint density at radius 2 is 0.900 bits per heavy atom. The van der Waals surface area contributed by atoms with E-state index in [0.717, 1.165) is 34.0 Å². The van der Waals surface area contributed by atoms with Gasteiger partial charge < -0.3 is 4.90 Å². The first-order chi connectivity index (χ1) is 29.7. The molecule has 0 atom stereocenters. The monoisotopic (exact) mass is 791 g/mol. The fourth-order valence-electron chi connectivity index (χ4n) is 11.6. The fourth-order valence-corrected chi connectivity index (χ4v) is 16.4. The Bertz CT molecular complexity index is 2880. The van der Waals surface area contributed by atoms with Crippen molar-refractivity contribution in [3.05, 3.63) is 188 Å². The van der Waals surface area contributed by atoms with Crippen LogP contribution in [0.3, 0.4) is 0 Å². The first kappa shape index (κ1) is 35.3. The predicted molar refractivity (Wildman–Crippen MR) is 249 cm³/mol. The van der Waals surface area contributed by atoms with Crippen molar-refractivity contribution in [2.24, 2.45) is 11.8 Å². The Balaban J connectivity index is 1.06. The Morgan fingerprint density at radius 1 is 0.400 bits per heavy atom. The van der Waals surface area contributed by atoms with Gasteiger partial charge >= 0.3 is 0 Å². The van der Waals surface area contributed by atoms with Gasteiger partial charge in [0.05, 0.1) is 11.0 Å². The van der Waals surface area contributed by atoms with Crippen molar-refractivity contribution in [3.8, 4) is 28.7 Å². The summed E-state index contributed by atoms with van der Waals surface area (Å²) in [5.74, 6) is 3.76. The molecule has 290 valence electrons. The second-order valence-corrected chi connectivity index (χ2v) is 21.1. The summed E-state index contributed by atoms with van der Waals surface area (Å²) in [7, 11) is -2.79. The molecule has 0 spiro atoms. The average molecular weight is 792 g/mol. The summed E-state index contributed by atoms with van der Waals surface area (Å²) in [5.41, 5.74) is 5.49. The van der Waals surface area contributed by atoms with Crippen LogP contribution in [0.4, 0.5) is 5.69 Å². The quantitative estimate of drug-likeness (QED) is 0.114. The van der Waals surface area contributed by atoms with Gasteiger partial charge in [0.25, 0.3) is 0 Å². The summed E-state index contributed by atoms with van der Waals surface area (Å²) in [4.78, 5) is 18.8. The van der Waals surface area contributed by atoms with E-state index in [1.807, 2.05) is 6.07 Å². The van der Waals surface area contributed by atoms with Gasteiger partial charge in [0.2, 0.25) is 5.95 Å². The molecule has 4 bridgehead atoms. The first-order valence-electron chi connectivity index (χ1n) is 21.6. The molecule has 0 unspecified atom stereocenters. The van der Waals surface area contributed by atoms with Crippen LogP contribution in [0, 0.1) is 11.8 Å². The zero-order chi connectivity index (χ0) is 39.6. The second-order valence-electron chi connectivity index (χ2n) is 17.3. The summed E-state index contributed by atoms with van der Waals surface area (Å²) in [5, 5.41) is 7.72. The Hall–Kier alpha value is -6.63. The van der Waals surface area contributed by atoms with Crippen molar-refractivity contribution >= 4 is 56.3 Å². The molecule has 5 nitrogen and oxygen atoms in total. The van der Waals surface area contributed by atoms with Gasteiger partial charge in [0.1, 0.15) is 0 Å². The minimum Gasteiger partial charge on any atom is -0.366 e. The first-order valence-corrected chi connectivity index (χ1v) is 23.6. The molecule has 4 heterocycles. The van der Waals surface area contributed by atoms with Crippen LogP contribution in [-0.2, 0) is 0 Å². The van der Waals surface area contributed by atoms with E-state index in [0.29, 0.717) is 29.7 Å². The molecule has 4 aliphatic rings. The van der Waals surface area contributed by atoms with E-state index in [9.17, 15) is 0 Å². The molecular formula is C54H45N5Si. The minimum atomic E-state index is -2.79. The molecular weight excluding hydrogens is 747 g/mol. The molecule has 13 rings (SSSR count). The van der Waals surface area contributed by atoms with Crippen molar-refractivity contribution in [2.75, 3.05) is 4.90 Å². The molecule has 4 fully saturated rings. The Kier molecular flexibility index (Phi) is 8.41. The van der Waals surface area contributed by atoms with Crippen LogP contribution in [0.2, 0.25) is 0 Å². The predicted octanol–water partition coefficient (Wildman–Crippen LogP) is 9.45. The van der Waals surface area contributed by atoms with Crippen LogP contribution in [0.15, 0.2) is 188 Å². The number of hydrogen-bond donors (Lipinski definition) is 0. The highest BCUT2D eigenvalue weighted by atomic mass is 28.3. The van der Waals surface area contributed by atoms with E-state index in [1.54, 1.807) is 0 Å². The lowest BCUT2D eigenvalue weighted by molar-refractivity contribution is 0.0900. The molecule has 0 N–H and O–H groups in total. The highest BCUT2D eigenvalue weighted by Crippen LogP contribution is 2.51. The van der Waals surface area contributed by atoms with E-state index in [4.69, 9.17) is 15.0 Å². The van der Waals surface area contributed by atoms with Gasteiger partial charge in [-0.25, -0.2) is 4.98 Å². The molecule has 0 radical (unpaired) electrons. The molecule has 2 aliphatic heterocycles. The van der Waals surface area contributed by atoms with Gasteiger partial charge in [-0.05, 0) is 89.0 Å². The van der Waals surface area contributed by atoms with Gasteiger partial charge in [-0.2, -0.15) is 9.97 Å². The van der Waals surface area contributed by atoms with Crippen LogP contribution in [0.5, 0.6) is 0 Å². The maximum Gasteiger partial charge on any atom is 0.238 e. The zero-order valence-electron chi connectivity index (χ0n) is 33.5. The molecule has 7 aromatic carbocycles. The van der Waals surface area contributed by atoms with E-state index in [-0.39, 0.29) is 0 Å². The summed E-state index contributed by atoms with van der Waals surface area (Å²) in [6.07, 6.45) is 6.82. The van der Waals surface area contributed by atoms with E-state index in [2.05, 4.69) is 191 Å². The zero-order valence-corrected chi connectivity index (χ0v) is 34.5. The number of benzene rings is 7.